The first-order valence-electron chi connectivity index (χ1n) is 8.89. The molecule has 4 nitrogen and oxygen atoms in total. The van der Waals surface area contributed by atoms with Gasteiger partial charge in [0.2, 0.25) is 5.71 Å². The van der Waals surface area contributed by atoms with Crippen molar-refractivity contribution in [2.75, 3.05) is 7.05 Å². The van der Waals surface area contributed by atoms with Crippen molar-refractivity contribution >= 4 is 11.2 Å². The van der Waals surface area contributed by atoms with E-state index in [-0.39, 0.29) is 5.41 Å². The zero-order valence-electron chi connectivity index (χ0n) is 14.7. The van der Waals surface area contributed by atoms with Gasteiger partial charge in [-0.3, -0.25) is 4.90 Å². The van der Waals surface area contributed by atoms with E-state index in [0.717, 1.165) is 17.0 Å². The van der Waals surface area contributed by atoms with E-state index in [9.17, 15) is 0 Å². The zero-order valence-corrected chi connectivity index (χ0v) is 14.7. The molecular weight excluding hydrogens is 286 g/mol. The third-order valence-corrected chi connectivity index (χ3v) is 5.75. The summed E-state index contributed by atoms with van der Waals surface area (Å²) in [6.07, 6.45) is 9.77. The molecule has 0 bridgehead atoms. The average molecular weight is 313 g/mol. The molecule has 0 unspecified atom stereocenters. The SMILES string of the molecule is CN1[C@H](c2cnc3oc(C(C)(C)C)cc3n2)CCCCC12CC2. The van der Waals surface area contributed by atoms with Gasteiger partial charge in [-0.05, 0) is 32.7 Å². The van der Waals surface area contributed by atoms with Gasteiger partial charge in [0.15, 0.2) is 0 Å². The molecule has 1 spiro atoms. The van der Waals surface area contributed by atoms with E-state index in [0.29, 0.717) is 17.3 Å². The van der Waals surface area contributed by atoms with E-state index >= 15 is 0 Å². The molecule has 3 heterocycles. The second kappa shape index (κ2) is 5.04. The molecule has 1 atom stereocenters. The van der Waals surface area contributed by atoms with Crippen LogP contribution < -0.4 is 0 Å². The maximum atomic E-state index is 5.89. The van der Waals surface area contributed by atoms with Crippen LogP contribution in [0.3, 0.4) is 0 Å². The molecule has 0 amide bonds. The molecule has 4 rings (SSSR count). The fourth-order valence-corrected chi connectivity index (χ4v) is 3.95. The Morgan fingerprint density at radius 1 is 1.22 bits per heavy atom. The van der Waals surface area contributed by atoms with Crippen LogP contribution in [0.15, 0.2) is 16.7 Å². The number of furan rings is 1. The number of rotatable bonds is 1. The Labute approximate surface area is 138 Å². The standard InChI is InChI=1S/C19H27N3O/c1-18(2,3)16-11-13-17(23-16)20-12-14(21-13)15-7-5-6-8-19(9-10-19)22(15)4/h11-12,15H,5-10H2,1-4H3/t15-/m0/s1. The highest BCUT2D eigenvalue weighted by Crippen LogP contribution is 2.51. The summed E-state index contributed by atoms with van der Waals surface area (Å²) in [6.45, 7) is 6.46. The molecule has 1 aliphatic carbocycles. The predicted molar refractivity (Wildman–Crippen MR) is 91.4 cm³/mol. The van der Waals surface area contributed by atoms with Crippen molar-refractivity contribution < 1.29 is 4.42 Å². The zero-order chi connectivity index (χ0) is 16.2. The minimum absolute atomic E-state index is 0.0142. The van der Waals surface area contributed by atoms with Crippen LogP contribution in [0.25, 0.3) is 11.2 Å². The van der Waals surface area contributed by atoms with Gasteiger partial charge in [0.25, 0.3) is 0 Å². The maximum absolute atomic E-state index is 5.89. The van der Waals surface area contributed by atoms with Crippen molar-refractivity contribution in [2.45, 2.75) is 76.3 Å². The van der Waals surface area contributed by atoms with Crippen molar-refractivity contribution in [3.63, 3.8) is 0 Å². The van der Waals surface area contributed by atoms with Crippen molar-refractivity contribution in [2.24, 2.45) is 0 Å². The van der Waals surface area contributed by atoms with Gasteiger partial charge in [0.05, 0.1) is 17.9 Å². The number of fused-ring (bicyclic) bond motifs is 1. The van der Waals surface area contributed by atoms with Crippen LogP contribution in [-0.4, -0.2) is 27.5 Å². The minimum Gasteiger partial charge on any atom is -0.441 e. The third-order valence-electron chi connectivity index (χ3n) is 5.75. The Hall–Kier alpha value is -1.42. The van der Waals surface area contributed by atoms with Gasteiger partial charge in [0.1, 0.15) is 11.3 Å². The monoisotopic (exact) mass is 313 g/mol. The third kappa shape index (κ3) is 2.57. The van der Waals surface area contributed by atoms with Crippen LogP contribution >= 0.6 is 0 Å². The lowest BCUT2D eigenvalue weighted by atomic mass is 9.93. The first-order chi connectivity index (χ1) is 10.9. The molecule has 0 aromatic carbocycles. The van der Waals surface area contributed by atoms with E-state index in [1.807, 2.05) is 6.20 Å². The summed E-state index contributed by atoms with van der Waals surface area (Å²) in [7, 11) is 2.28. The molecule has 4 heteroatoms. The van der Waals surface area contributed by atoms with Crippen LogP contribution in [0.1, 0.15) is 76.8 Å². The molecule has 0 N–H and O–H groups in total. The number of nitrogens with zero attached hydrogens (tertiary/aromatic N) is 3. The first kappa shape index (κ1) is 15.1. The molecular formula is C19H27N3O. The molecule has 2 aromatic rings. The van der Waals surface area contributed by atoms with Crippen molar-refractivity contribution in [3.8, 4) is 0 Å². The van der Waals surface area contributed by atoms with E-state index in [1.54, 1.807) is 0 Å². The summed E-state index contributed by atoms with van der Waals surface area (Å²) in [5.74, 6) is 0.956. The van der Waals surface area contributed by atoms with Gasteiger partial charge in [-0.15, -0.1) is 0 Å². The summed E-state index contributed by atoms with van der Waals surface area (Å²) in [5, 5.41) is 0. The highest BCUT2D eigenvalue weighted by molar-refractivity contribution is 5.69. The molecule has 124 valence electrons. The van der Waals surface area contributed by atoms with E-state index in [1.165, 1.54) is 38.5 Å². The van der Waals surface area contributed by atoms with Crippen LogP contribution in [0.4, 0.5) is 0 Å². The Balaban J connectivity index is 1.70. The summed E-state index contributed by atoms with van der Waals surface area (Å²) in [5.41, 5.74) is 3.10. The Kier molecular flexibility index (Phi) is 3.31. The van der Waals surface area contributed by atoms with Crippen LogP contribution in [0.2, 0.25) is 0 Å². The van der Waals surface area contributed by atoms with E-state index < -0.39 is 0 Å². The number of aromatic nitrogens is 2. The maximum Gasteiger partial charge on any atom is 0.245 e. The normalized spacial score (nSPS) is 25.0. The lowest BCUT2D eigenvalue weighted by Gasteiger charge is -2.32. The summed E-state index contributed by atoms with van der Waals surface area (Å²) in [4.78, 5) is 12.1. The second-order valence-corrected chi connectivity index (χ2v) is 8.44. The average Bonchev–Trinajstić information content (AvgIpc) is 3.19. The fourth-order valence-electron chi connectivity index (χ4n) is 3.95. The molecule has 2 fully saturated rings. The van der Waals surface area contributed by atoms with Crippen molar-refractivity contribution in [1.82, 2.24) is 14.9 Å². The second-order valence-electron chi connectivity index (χ2n) is 8.44. The first-order valence-corrected chi connectivity index (χ1v) is 8.89. The van der Waals surface area contributed by atoms with Gasteiger partial charge in [-0.25, -0.2) is 9.97 Å². The lowest BCUT2D eigenvalue weighted by molar-refractivity contribution is 0.154. The topological polar surface area (TPSA) is 42.2 Å². The summed E-state index contributed by atoms with van der Waals surface area (Å²) < 4.78 is 5.89. The molecule has 2 aromatic heterocycles. The lowest BCUT2D eigenvalue weighted by Crippen LogP contribution is -2.36. The highest BCUT2D eigenvalue weighted by Gasteiger charge is 2.49. The summed E-state index contributed by atoms with van der Waals surface area (Å²) >= 11 is 0. The number of hydrogen-bond donors (Lipinski definition) is 0. The molecule has 2 aliphatic rings. The highest BCUT2D eigenvalue weighted by atomic mass is 16.3. The van der Waals surface area contributed by atoms with Crippen LogP contribution in [0, 0.1) is 0 Å². The van der Waals surface area contributed by atoms with Crippen LogP contribution in [0.5, 0.6) is 0 Å². The largest absolute Gasteiger partial charge is 0.441 e. The molecule has 23 heavy (non-hydrogen) atoms. The Morgan fingerprint density at radius 3 is 2.70 bits per heavy atom. The minimum atomic E-state index is -0.0142. The van der Waals surface area contributed by atoms with E-state index in [4.69, 9.17) is 9.40 Å². The molecule has 1 aliphatic heterocycles. The smallest absolute Gasteiger partial charge is 0.245 e. The van der Waals surface area contributed by atoms with Gasteiger partial charge in [-0.1, -0.05) is 33.6 Å². The molecule has 1 saturated carbocycles. The fraction of sp³-hybridized carbons (Fsp3) is 0.684. The van der Waals surface area contributed by atoms with Gasteiger partial charge < -0.3 is 4.42 Å². The quantitative estimate of drug-likeness (QED) is 0.771. The Bertz CT molecular complexity index is 724. The predicted octanol–water partition coefficient (Wildman–Crippen LogP) is 4.60. The summed E-state index contributed by atoms with van der Waals surface area (Å²) in [6, 6.07) is 2.46. The number of hydrogen-bond acceptors (Lipinski definition) is 4. The number of likely N-dealkylation sites (tertiary alicyclic amines) is 1. The van der Waals surface area contributed by atoms with Crippen molar-refractivity contribution in [1.29, 1.82) is 0 Å². The van der Waals surface area contributed by atoms with Gasteiger partial charge in [0, 0.05) is 17.0 Å². The molecule has 0 radical (unpaired) electrons. The van der Waals surface area contributed by atoms with Gasteiger partial charge >= 0.3 is 0 Å². The van der Waals surface area contributed by atoms with Crippen LogP contribution in [-0.2, 0) is 5.41 Å². The molecule has 1 saturated heterocycles. The van der Waals surface area contributed by atoms with Gasteiger partial charge in [-0.2, -0.15) is 0 Å². The van der Waals surface area contributed by atoms with Crippen molar-refractivity contribution in [3.05, 3.63) is 23.7 Å². The Morgan fingerprint density at radius 2 is 2.00 bits per heavy atom. The van der Waals surface area contributed by atoms with E-state index in [2.05, 4.69) is 43.8 Å².